The normalized spacial score (nSPS) is 14.2. The highest BCUT2D eigenvalue weighted by atomic mass is 32.2. The Labute approximate surface area is 269 Å². The number of aryl methyl sites for hydroxylation is 1. The first kappa shape index (κ1) is 31.1. The predicted octanol–water partition coefficient (Wildman–Crippen LogP) is 7.64. The third-order valence-corrected chi connectivity index (χ3v) is 10.8. The molecule has 1 heterocycles. The van der Waals surface area contributed by atoms with Crippen molar-refractivity contribution in [1.82, 2.24) is 14.6 Å². The first-order valence-corrected chi connectivity index (χ1v) is 17.9. The van der Waals surface area contributed by atoms with Crippen molar-refractivity contribution >= 4 is 43.2 Å². The van der Waals surface area contributed by atoms with Gasteiger partial charge in [-0.25, -0.2) is 18.1 Å². The standard InChI is InChI=1S/C36H38N4O3S2/c1-26-12-16-32(17-13-26)45(42,43)38-20-21-40(31-10-6-3-7-11-31)24-29-22-28(14-18-33(29)27-8-4-2-5-9-27)36(41)39-30-15-19-35-34(23-30)37-25-44-35/h2,4-5,8-9,12-19,22-23,25,31,38H,3,6-7,10-11,20-21,24H2,1H3,(H,39,41). The lowest BCUT2D eigenvalue weighted by atomic mass is 9.92. The summed E-state index contributed by atoms with van der Waals surface area (Å²) in [5.74, 6) is -0.180. The van der Waals surface area contributed by atoms with Crippen LogP contribution in [0.5, 0.6) is 0 Å². The number of benzene rings is 4. The number of rotatable bonds is 11. The molecule has 0 spiro atoms. The van der Waals surface area contributed by atoms with Crippen LogP contribution in [0.4, 0.5) is 5.69 Å². The van der Waals surface area contributed by atoms with Crippen molar-refractivity contribution in [1.29, 1.82) is 0 Å². The SMILES string of the molecule is Cc1ccc(S(=O)(=O)NCCN(Cc2cc(C(=O)Nc3ccc4scnc4c3)ccc2-c2ccccc2)C2CCCCC2)cc1. The van der Waals surface area contributed by atoms with Gasteiger partial charge in [0.15, 0.2) is 0 Å². The summed E-state index contributed by atoms with van der Waals surface area (Å²) in [5, 5.41) is 3.05. The smallest absolute Gasteiger partial charge is 0.255 e. The molecule has 7 nitrogen and oxygen atoms in total. The first-order valence-electron chi connectivity index (χ1n) is 15.5. The number of amides is 1. The molecule has 4 aromatic carbocycles. The largest absolute Gasteiger partial charge is 0.322 e. The third-order valence-electron chi connectivity index (χ3n) is 8.53. The summed E-state index contributed by atoms with van der Waals surface area (Å²) >= 11 is 1.57. The molecule has 0 aliphatic heterocycles. The summed E-state index contributed by atoms with van der Waals surface area (Å²) in [6.45, 7) is 3.41. The lowest BCUT2D eigenvalue weighted by Gasteiger charge is -2.35. The number of nitrogens with zero attached hydrogens (tertiary/aromatic N) is 2. The fourth-order valence-corrected chi connectivity index (χ4v) is 7.76. The Morgan fingerprint density at radius 2 is 1.71 bits per heavy atom. The molecule has 6 rings (SSSR count). The monoisotopic (exact) mass is 638 g/mol. The van der Waals surface area contributed by atoms with Crippen LogP contribution in [0.15, 0.2) is 101 Å². The van der Waals surface area contributed by atoms with Gasteiger partial charge in [0.2, 0.25) is 10.0 Å². The zero-order valence-corrected chi connectivity index (χ0v) is 27.0. The average Bonchev–Trinajstić information content (AvgIpc) is 3.53. The van der Waals surface area contributed by atoms with E-state index in [1.165, 1.54) is 6.42 Å². The van der Waals surface area contributed by atoms with Gasteiger partial charge in [-0.05, 0) is 78.9 Å². The Kier molecular flexibility index (Phi) is 9.70. The van der Waals surface area contributed by atoms with E-state index in [2.05, 4.69) is 32.1 Å². The number of fused-ring (bicyclic) bond motifs is 1. The number of thiazole rings is 1. The molecule has 1 aromatic heterocycles. The molecule has 45 heavy (non-hydrogen) atoms. The van der Waals surface area contributed by atoms with Crippen molar-refractivity contribution < 1.29 is 13.2 Å². The maximum atomic E-state index is 13.5. The van der Waals surface area contributed by atoms with Gasteiger partial charge in [0.1, 0.15) is 0 Å². The lowest BCUT2D eigenvalue weighted by molar-refractivity contribution is 0.102. The molecule has 1 aliphatic carbocycles. The summed E-state index contributed by atoms with van der Waals surface area (Å²) in [7, 11) is -3.62. The predicted molar refractivity (Wildman–Crippen MR) is 183 cm³/mol. The number of aromatic nitrogens is 1. The van der Waals surface area contributed by atoms with Crippen LogP contribution in [-0.2, 0) is 16.6 Å². The van der Waals surface area contributed by atoms with Crippen molar-refractivity contribution in [3.05, 3.63) is 113 Å². The lowest BCUT2D eigenvalue weighted by Crippen LogP contribution is -2.41. The number of sulfonamides is 1. The quantitative estimate of drug-likeness (QED) is 0.155. The van der Waals surface area contributed by atoms with Gasteiger partial charge in [-0.3, -0.25) is 9.69 Å². The van der Waals surface area contributed by atoms with E-state index >= 15 is 0 Å². The molecule has 1 aliphatic rings. The van der Waals surface area contributed by atoms with Crippen LogP contribution in [0, 0.1) is 6.92 Å². The van der Waals surface area contributed by atoms with Crippen LogP contribution in [0.25, 0.3) is 21.3 Å². The van der Waals surface area contributed by atoms with Crippen molar-refractivity contribution in [3.63, 3.8) is 0 Å². The second-order valence-corrected chi connectivity index (χ2v) is 14.4. The van der Waals surface area contributed by atoms with Crippen LogP contribution in [0.3, 0.4) is 0 Å². The van der Waals surface area contributed by atoms with Crippen LogP contribution in [0.2, 0.25) is 0 Å². The highest BCUT2D eigenvalue weighted by Gasteiger charge is 2.24. The topological polar surface area (TPSA) is 91.4 Å². The molecule has 9 heteroatoms. The van der Waals surface area contributed by atoms with Crippen molar-refractivity contribution in [2.45, 2.75) is 56.5 Å². The minimum Gasteiger partial charge on any atom is -0.322 e. The minimum atomic E-state index is -3.62. The van der Waals surface area contributed by atoms with Crippen molar-refractivity contribution in [3.8, 4) is 11.1 Å². The Bertz CT molecular complexity index is 1870. The second kappa shape index (κ2) is 14.0. The van der Waals surface area contributed by atoms with Crippen LogP contribution in [-0.4, -0.2) is 43.3 Å². The fraction of sp³-hybridized carbons (Fsp3) is 0.278. The molecular formula is C36H38N4O3S2. The fourth-order valence-electron chi connectivity index (χ4n) is 6.08. The molecule has 0 atom stereocenters. The highest BCUT2D eigenvalue weighted by Crippen LogP contribution is 2.30. The van der Waals surface area contributed by atoms with Gasteiger partial charge >= 0.3 is 0 Å². The van der Waals surface area contributed by atoms with E-state index in [0.29, 0.717) is 36.9 Å². The van der Waals surface area contributed by atoms with E-state index in [1.807, 2.05) is 73.7 Å². The molecule has 232 valence electrons. The number of hydrogen-bond acceptors (Lipinski definition) is 6. The number of anilines is 1. The molecule has 1 saturated carbocycles. The molecule has 1 fully saturated rings. The van der Waals surface area contributed by atoms with E-state index in [9.17, 15) is 13.2 Å². The van der Waals surface area contributed by atoms with Crippen LogP contribution < -0.4 is 10.0 Å². The average molecular weight is 639 g/mol. The van der Waals surface area contributed by atoms with Crippen LogP contribution in [0.1, 0.15) is 53.6 Å². The number of carbonyl (C=O) groups excluding carboxylic acids is 1. The molecule has 5 aromatic rings. The third kappa shape index (κ3) is 7.68. The Morgan fingerprint density at radius 1 is 0.933 bits per heavy atom. The van der Waals surface area contributed by atoms with Gasteiger partial charge < -0.3 is 5.32 Å². The summed E-state index contributed by atoms with van der Waals surface area (Å²) < 4.78 is 30.0. The Hall–Kier alpha value is -3.89. The van der Waals surface area contributed by atoms with E-state index in [1.54, 1.807) is 29.0 Å². The van der Waals surface area contributed by atoms with Gasteiger partial charge in [0.05, 0.1) is 20.6 Å². The summed E-state index contributed by atoms with van der Waals surface area (Å²) in [6.07, 6.45) is 5.69. The Morgan fingerprint density at radius 3 is 2.49 bits per heavy atom. The van der Waals surface area contributed by atoms with E-state index < -0.39 is 10.0 Å². The van der Waals surface area contributed by atoms with Gasteiger partial charge in [0, 0.05) is 36.9 Å². The number of hydrogen-bond donors (Lipinski definition) is 2. The maximum Gasteiger partial charge on any atom is 0.255 e. The first-order chi connectivity index (χ1) is 21.9. The highest BCUT2D eigenvalue weighted by molar-refractivity contribution is 7.89. The van der Waals surface area contributed by atoms with Gasteiger partial charge in [-0.1, -0.05) is 73.4 Å². The summed E-state index contributed by atoms with van der Waals surface area (Å²) in [6, 6.07) is 29.1. The van der Waals surface area contributed by atoms with Crippen molar-refractivity contribution in [2.75, 3.05) is 18.4 Å². The minimum absolute atomic E-state index is 0.180. The number of carbonyl (C=O) groups is 1. The van der Waals surface area contributed by atoms with E-state index in [0.717, 1.165) is 58.2 Å². The van der Waals surface area contributed by atoms with Gasteiger partial charge in [-0.15, -0.1) is 11.3 Å². The molecule has 0 bridgehead atoms. The summed E-state index contributed by atoms with van der Waals surface area (Å²) in [4.78, 5) is 20.5. The maximum absolute atomic E-state index is 13.5. The van der Waals surface area contributed by atoms with E-state index in [4.69, 9.17) is 0 Å². The zero-order chi connectivity index (χ0) is 31.2. The summed E-state index contributed by atoms with van der Waals surface area (Å²) in [5.41, 5.74) is 8.15. The molecule has 1 amide bonds. The molecule has 0 saturated heterocycles. The zero-order valence-electron chi connectivity index (χ0n) is 25.4. The van der Waals surface area contributed by atoms with Gasteiger partial charge in [-0.2, -0.15) is 0 Å². The Balaban J connectivity index is 1.26. The van der Waals surface area contributed by atoms with E-state index in [-0.39, 0.29) is 10.8 Å². The molecule has 0 radical (unpaired) electrons. The van der Waals surface area contributed by atoms with Crippen molar-refractivity contribution in [2.24, 2.45) is 0 Å². The molecular weight excluding hydrogens is 601 g/mol. The van der Waals surface area contributed by atoms with Gasteiger partial charge in [0.25, 0.3) is 5.91 Å². The second-order valence-electron chi connectivity index (χ2n) is 11.7. The van der Waals surface area contributed by atoms with Crippen LogP contribution >= 0.6 is 11.3 Å². The molecule has 2 N–H and O–H groups in total. The molecule has 0 unspecified atom stereocenters. The number of nitrogens with one attached hydrogen (secondary N) is 2.